The van der Waals surface area contributed by atoms with Crippen molar-refractivity contribution in [1.29, 1.82) is 5.26 Å². The van der Waals surface area contributed by atoms with Gasteiger partial charge in [0.15, 0.2) is 5.82 Å². The van der Waals surface area contributed by atoms with Crippen LogP contribution in [0.4, 0.5) is 17.6 Å². The number of hydrogen-bond acceptors (Lipinski definition) is 5. The third-order valence-corrected chi connectivity index (χ3v) is 5.17. The fourth-order valence-electron chi connectivity index (χ4n) is 3.34. The van der Waals surface area contributed by atoms with E-state index in [0.29, 0.717) is 17.2 Å². The SMILES string of the molecule is Cn1c(Cn2ccc(C(F)(F)F)c(Oc3ccc(-c4cccc(C#N)c4)c(F)c3)c2=O)n[nH]c1=O. The molecule has 178 valence electrons. The summed E-state index contributed by atoms with van der Waals surface area (Å²) >= 11 is 0. The van der Waals surface area contributed by atoms with Crippen molar-refractivity contribution in [1.82, 2.24) is 19.3 Å². The predicted molar refractivity (Wildman–Crippen MR) is 115 cm³/mol. The molecule has 0 aliphatic rings. The summed E-state index contributed by atoms with van der Waals surface area (Å²) in [5, 5.41) is 14.9. The van der Waals surface area contributed by atoms with Crippen LogP contribution in [-0.2, 0) is 19.8 Å². The van der Waals surface area contributed by atoms with Gasteiger partial charge in [0.25, 0.3) is 5.56 Å². The van der Waals surface area contributed by atoms with Crippen LogP contribution in [-0.4, -0.2) is 19.3 Å². The van der Waals surface area contributed by atoms with Crippen LogP contribution in [0.2, 0.25) is 0 Å². The second kappa shape index (κ2) is 8.94. The lowest BCUT2D eigenvalue weighted by Crippen LogP contribution is -2.26. The van der Waals surface area contributed by atoms with E-state index in [1.165, 1.54) is 25.2 Å². The molecule has 0 aliphatic carbocycles. The topological polar surface area (TPSA) is 106 Å². The van der Waals surface area contributed by atoms with E-state index in [9.17, 15) is 27.2 Å². The first-order chi connectivity index (χ1) is 16.6. The van der Waals surface area contributed by atoms with Crippen LogP contribution >= 0.6 is 0 Å². The van der Waals surface area contributed by atoms with Gasteiger partial charge in [0.05, 0.1) is 18.2 Å². The van der Waals surface area contributed by atoms with Gasteiger partial charge in [-0.25, -0.2) is 14.3 Å². The maximum absolute atomic E-state index is 14.8. The van der Waals surface area contributed by atoms with Crippen molar-refractivity contribution in [3.8, 4) is 28.7 Å². The van der Waals surface area contributed by atoms with Crippen molar-refractivity contribution >= 4 is 0 Å². The molecule has 0 saturated heterocycles. The molecule has 0 bridgehead atoms. The molecule has 35 heavy (non-hydrogen) atoms. The standard InChI is InChI=1S/C23H15F4N5O3/c1-31-19(29-30-22(31)34)12-32-8-7-17(23(25,26)27)20(21(32)33)35-15-5-6-16(18(24)10-15)14-4-2-3-13(9-14)11-28/h2-10H,12H2,1H3,(H,30,34). The minimum Gasteiger partial charge on any atom is -0.451 e. The second-order valence-electron chi connectivity index (χ2n) is 7.43. The first kappa shape index (κ1) is 23.5. The minimum absolute atomic E-state index is 0.0930. The Morgan fingerprint density at radius 1 is 1.14 bits per heavy atom. The normalized spacial score (nSPS) is 11.3. The monoisotopic (exact) mass is 485 g/mol. The summed E-state index contributed by atoms with van der Waals surface area (Å²) in [6.07, 6.45) is -4.02. The van der Waals surface area contributed by atoms with Gasteiger partial charge in [-0.15, -0.1) is 0 Å². The van der Waals surface area contributed by atoms with Crippen LogP contribution < -0.4 is 16.0 Å². The molecule has 4 rings (SSSR count). The highest BCUT2D eigenvalue weighted by Gasteiger charge is 2.36. The molecular weight excluding hydrogens is 470 g/mol. The molecule has 8 nitrogen and oxygen atoms in total. The third kappa shape index (κ3) is 4.70. The van der Waals surface area contributed by atoms with Gasteiger partial charge in [0, 0.05) is 24.9 Å². The van der Waals surface area contributed by atoms with Gasteiger partial charge in [0.2, 0.25) is 5.75 Å². The maximum atomic E-state index is 14.8. The van der Waals surface area contributed by atoms with E-state index >= 15 is 0 Å². The zero-order valence-corrected chi connectivity index (χ0v) is 17.9. The fraction of sp³-hybridized carbons (Fsp3) is 0.130. The van der Waals surface area contributed by atoms with Crippen molar-refractivity contribution in [3.05, 3.63) is 98.3 Å². The number of aromatic nitrogens is 4. The summed E-state index contributed by atoms with van der Waals surface area (Å²) in [6, 6.07) is 12.1. The van der Waals surface area contributed by atoms with Crippen molar-refractivity contribution < 1.29 is 22.3 Å². The highest BCUT2D eigenvalue weighted by atomic mass is 19.4. The smallest absolute Gasteiger partial charge is 0.420 e. The van der Waals surface area contributed by atoms with Crippen LogP contribution in [0, 0.1) is 17.1 Å². The van der Waals surface area contributed by atoms with Gasteiger partial charge < -0.3 is 9.30 Å². The Bertz CT molecular complexity index is 1580. The summed E-state index contributed by atoms with van der Waals surface area (Å²) in [4.78, 5) is 24.4. The quantitative estimate of drug-likeness (QED) is 0.433. The highest BCUT2D eigenvalue weighted by molar-refractivity contribution is 5.66. The number of H-pyrrole nitrogens is 1. The number of rotatable bonds is 5. The number of halogens is 4. The van der Waals surface area contributed by atoms with Crippen molar-refractivity contribution in [2.24, 2.45) is 7.05 Å². The van der Waals surface area contributed by atoms with E-state index in [4.69, 9.17) is 10.00 Å². The van der Waals surface area contributed by atoms with Crippen LogP contribution in [0.25, 0.3) is 11.1 Å². The Balaban J connectivity index is 1.74. The zero-order valence-electron chi connectivity index (χ0n) is 17.9. The first-order valence-corrected chi connectivity index (χ1v) is 9.97. The number of aromatic amines is 1. The Kier molecular flexibility index (Phi) is 6.00. The van der Waals surface area contributed by atoms with Gasteiger partial charge in [0.1, 0.15) is 17.1 Å². The van der Waals surface area contributed by atoms with E-state index in [-0.39, 0.29) is 23.7 Å². The van der Waals surface area contributed by atoms with Gasteiger partial charge >= 0.3 is 11.9 Å². The Labute approximate surface area is 194 Å². The molecule has 0 spiro atoms. The molecule has 1 N–H and O–H groups in total. The minimum atomic E-state index is -4.93. The van der Waals surface area contributed by atoms with Crippen molar-refractivity contribution in [3.63, 3.8) is 0 Å². The van der Waals surface area contributed by atoms with Gasteiger partial charge in [-0.2, -0.15) is 23.5 Å². The number of pyridine rings is 1. The average Bonchev–Trinajstić information content (AvgIpc) is 3.13. The molecule has 0 atom stereocenters. The number of hydrogen-bond donors (Lipinski definition) is 1. The summed E-state index contributed by atoms with van der Waals surface area (Å²) in [7, 11) is 1.38. The van der Waals surface area contributed by atoms with E-state index in [1.807, 2.05) is 6.07 Å². The van der Waals surface area contributed by atoms with Crippen LogP contribution in [0.5, 0.6) is 11.5 Å². The van der Waals surface area contributed by atoms with Crippen molar-refractivity contribution in [2.75, 3.05) is 0 Å². The van der Waals surface area contributed by atoms with E-state index in [2.05, 4.69) is 10.2 Å². The van der Waals surface area contributed by atoms with Crippen LogP contribution in [0.1, 0.15) is 17.0 Å². The molecule has 0 amide bonds. The Morgan fingerprint density at radius 3 is 2.54 bits per heavy atom. The summed E-state index contributed by atoms with van der Waals surface area (Å²) in [5.74, 6) is -2.12. The van der Waals surface area contributed by atoms with Crippen molar-refractivity contribution in [2.45, 2.75) is 12.7 Å². The molecular formula is C23H15F4N5O3. The Hall–Kier alpha value is -4.66. The number of nitrogens with one attached hydrogen (secondary N) is 1. The molecule has 2 aromatic carbocycles. The lowest BCUT2D eigenvalue weighted by molar-refractivity contribution is -0.138. The maximum Gasteiger partial charge on any atom is 0.420 e. The molecule has 0 saturated carbocycles. The Morgan fingerprint density at radius 2 is 1.91 bits per heavy atom. The summed E-state index contributed by atoms with van der Waals surface area (Å²) in [6.45, 7) is -0.314. The second-order valence-corrected chi connectivity index (χ2v) is 7.43. The fourth-order valence-corrected chi connectivity index (χ4v) is 3.34. The molecule has 12 heteroatoms. The number of benzene rings is 2. The number of nitriles is 1. The third-order valence-electron chi connectivity index (χ3n) is 5.17. The largest absolute Gasteiger partial charge is 0.451 e. The first-order valence-electron chi connectivity index (χ1n) is 9.97. The van der Waals surface area contributed by atoms with Gasteiger partial charge in [-0.3, -0.25) is 9.36 Å². The zero-order chi connectivity index (χ0) is 25.3. The molecule has 2 aromatic heterocycles. The lowest BCUT2D eigenvalue weighted by Gasteiger charge is -2.16. The summed E-state index contributed by atoms with van der Waals surface area (Å²) < 4.78 is 62.9. The molecule has 0 aliphatic heterocycles. The number of nitrogens with zero attached hydrogens (tertiary/aromatic N) is 4. The van der Waals surface area contributed by atoms with Crippen LogP contribution in [0.3, 0.4) is 0 Å². The van der Waals surface area contributed by atoms with Crippen LogP contribution in [0.15, 0.2) is 64.3 Å². The van der Waals surface area contributed by atoms with E-state index in [0.717, 1.165) is 21.4 Å². The van der Waals surface area contributed by atoms with Gasteiger partial charge in [-0.05, 0) is 35.9 Å². The number of ether oxygens (including phenoxy) is 1. The molecule has 0 fully saturated rings. The van der Waals surface area contributed by atoms with E-state index < -0.39 is 34.6 Å². The molecule has 0 radical (unpaired) electrons. The molecule has 2 heterocycles. The van der Waals surface area contributed by atoms with Gasteiger partial charge in [-0.1, -0.05) is 12.1 Å². The average molecular weight is 485 g/mol. The number of alkyl halides is 3. The van der Waals surface area contributed by atoms with E-state index in [1.54, 1.807) is 18.2 Å². The molecule has 4 aromatic rings. The lowest BCUT2D eigenvalue weighted by atomic mass is 10.0. The predicted octanol–water partition coefficient (Wildman–Crippen LogP) is 3.81. The molecule has 0 unspecified atom stereocenters. The highest BCUT2D eigenvalue weighted by Crippen LogP contribution is 2.37. The summed E-state index contributed by atoms with van der Waals surface area (Å²) in [5.41, 5.74) is -2.28.